The predicted molar refractivity (Wildman–Crippen MR) is 91.8 cm³/mol. The minimum absolute atomic E-state index is 0.0941. The summed E-state index contributed by atoms with van der Waals surface area (Å²) >= 11 is 0. The van der Waals surface area contributed by atoms with E-state index in [2.05, 4.69) is 38.1 Å². The van der Waals surface area contributed by atoms with Crippen molar-refractivity contribution in [3.8, 4) is 0 Å². The Morgan fingerprint density at radius 2 is 1.73 bits per heavy atom. The first-order valence-electron chi connectivity index (χ1n) is 7.70. The Labute approximate surface area is 132 Å². The fourth-order valence-corrected chi connectivity index (χ4v) is 2.96. The molecule has 0 N–H and O–H groups in total. The van der Waals surface area contributed by atoms with Gasteiger partial charge in [-0.25, -0.2) is 0 Å². The molecule has 1 aliphatic heterocycles. The molecule has 0 spiro atoms. The van der Waals surface area contributed by atoms with Crippen LogP contribution in [0.25, 0.3) is 0 Å². The zero-order valence-electron chi connectivity index (χ0n) is 13.6. The third kappa shape index (κ3) is 2.37. The van der Waals surface area contributed by atoms with Crippen LogP contribution >= 0.6 is 0 Å². The molecule has 0 saturated heterocycles. The lowest BCUT2D eigenvalue weighted by atomic mass is 10.0. The van der Waals surface area contributed by atoms with E-state index in [1.807, 2.05) is 42.1 Å². The minimum atomic E-state index is 0.0941. The normalized spacial score (nSPS) is 13.7. The molecule has 1 aliphatic rings. The van der Waals surface area contributed by atoms with E-state index in [4.69, 9.17) is 0 Å². The summed E-state index contributed by atoms with van der Waals surface area (Å²) in [5, 5.41) is 0. The number of carbonyl (C=O) groups excluding carboxylic acids is 1. The number of nitrogens with zero attached hydrogens (tertiary/aromatic N) is 2. The first kappa shape index (κ1) is 14.6. The highest BCUT2D eigenvalue weighted by Crippen LogP contribution is 2.34. The van der Waals surface area contributed by atoms with Gasteiger partial charge in [0.1, 0.15) is 0 Å². The molecule has 0 radical (unpaired) electrons. The van der Waals surface area contributed by atoms with E-state index in [0.717, 1.165) is 22.5 Å². The van der Waals surface area contributed by atoms with Gasteiger partial charge in [0.25, 0.3) is 5.91 Å². The fourth-order valence-electron chi connectivity index (χ4n) is 2.96. The number of carbonyl (C=O) groups is 1. The maximum atomic E-state index is 12.8. The van der Waals surface area contributed by atoms with Gasteiger partial charge in [0, 0.05) is 25.5 Å². The average Bonchev–Trinajstić information content (AvgIpc) is 2.84. The van der Waals surface area contributed by atoms with Gasteiger partial charge in [0.15, 0.2) is 0 Å². The number of fused-ring (bicyclic) bond motifs is 1. The van der Waals surface area contributed by atoms with Gasteiger partial charge in [-0.05, 0) is 35.2 Å². The highest BCUT2D eigenvalue weighted by Gasteiger charge is 2.31. The average molecular weight is 294 g/mol. The molecule has 0 aliphatic carbocycles. The lowest BCUT2D eigenvalue weighted by Crippen LogP contribution is -2.24. The zero-order valence-corrected chi connectivity index (χ0v) is 13.6. The first-order valence-corrected chi connectivity index (χ1v) is 7.70. The van der Waals surface area contributed by atoms with Crippen molar-refractivity contribution >= 4 is 17.3 Å². The molecule has 3 nitrogen and oxygen atoms in total. The Morgan fingerprint density at radius 3 is 2.32 bits per heavy atom. The Hall–Kier alpha value is -2.29. The Balaban J connectivity index is 1.96. The van der Waals surface area contributed by atoms with Gasteiger partial charge < -0.3 is 9.80 Å². The summed E-state index contributed by atoms with van der Waals surface area (Å²) < 4.78 is 0. The molecule has 1 heterocycles. The fraction of sp³-hybridized carbons (Fsp3) is 0.316. The van der Waals surface area contributed by atoms with Crippen LogP contribution in [0.4, 0.5) is 11.4 Å². The molecule has 114 valence electrons. The van der Waals surface area contributed by atoms with E-state index < -0.39 is 0 Å². The van der Waals surface area contributed by atoms with Crippen LogP contribution in [0.5, 0.6) is 0 Å². The molecular weight excluding hydrogens is 272 g/mol. The van der Waals surface area contributed by atoms with Crippen molar-refractivity contribution in [3.05, 3.63) is 59.2 Å². The molecule has 0 aromatic heterocycles. The Kier molecular flexibility index (Phi) is 3.65. The van der Waals surface area contributed by atoms with Crippen LogP contribution in [0.15, 0.2) is 42.5 Å². The maximum Gasteiger partial charge on any atom is 0.261 e. The van der Waals surface area contributed by atoms with Crippen LogP contribution < -0.4 is 9.80 Å². The van der Waals surface area contributed by atoms with Crippen molar-refractivity contribution in [2.75, 3.05) is 23.9 Å². The molecule has 22 heavy (non-hydrogen) atoms. The molecule has 0 unspecified atom stereocenters. The molecular formula is C19H22N2O. The molecule has 0 atom stereocenters. The third-order valence-electron chi connectivity index (χ3n) is 4.27. The highest BCUT2D eigenvalue weighted by atomic mass is 16.2. The van der Waals surface area contributed by atoms with Crippen molar-refractivity contribution < 1.29 is 4.79 Å². The van der Waals surface area contributed by atoms with Crippen LogP contribution in [0.3, 0.4) is 0 Å². The third-order valence-corrected chi connectivity index (χ3v) is 4.27. The topological polar surface area (TPSA) is 23.6 Å². The van der Waals surface area contributed by atoms with Gasteiger partial charge in [-0.3, -0.25) is 4.79 Å². The number of anilines is 2. The van der Waals surface area contributed by atoms with Gasteiger partial charge in [-0.15, -0.1) is 0 Å². The summed E-state index contributed by atoms with van der Waals surface area (Å²) in [4.78, 5) is 16.7. The summed E-state index contributed by atoms with van der Waals surface area (Å²) in [6.45, 7) is 5.00. The summed E-state index contributed by atoms with van der Waals surface area (Å²) in [7, 11) is 3.95. The van der Waals surface area contributed by atoms with E-state index in [1.165, 1.54) is 5.56 Å². The van der Waals surface area contributed by atoms with Crippen molar-refractivity contribution in [2.24, 2.45) is 0 Å². The summed E-state index contributed by atoms with van der Waals surface area (Å²) in [5.41, 5.74) is 5.19. The largest absolute Gasteiger partial charge is 0.377 e. The quantitative estimate of drug-likeness (QED) is 0.853. The first-order chi connectivity index (χ1) is 10.5. The van der Waals surface area contributed by atoms with E-state index >= 15 is 0 Å². The standard InChI is InChI=1S/C19H22N2O/c1-13(2)14-8-10-16(11-9-14)21-12-15-6-5-7-17(20(3)4)18(15)19(21)22/h5-11,13H,12H2,1-4H3. The van der Waals surface area contributed by atoms with Gasteiger partial charge in [-0.2, -0.15) is 0 Å². The van der Waals surface area contributed by atoms with Gasteiger partial charge in [-0.1, -0.05) is 38.1 Å². The van der Waals surface area contributed by atoms with Crippen LogP contribution in [0, 0.1) is 0 Å². The SMILES string of the molecule is CC(C)c1ccc(N2Cc3cccc(N(C)C)c3C2=O)cc1. The number of amides is 1. The second-order valence-electron chi connectivity index (χ2n) is 6.34. The summed E-state index contributed by atoms with van der Waals surface area (Å²) in [6.07, 6.45) is 0. The van der Waals surface area contributed by atoms with Gasteiger partial charge in [0.2, 0.25) is 0 Å². The number of benzene rings is 2. The van der Waals surface area contributed by atoms with E-state index in [9.17, 15) is 4.79 Å². The molecule has 2 aromatic rings. The van der Waals surface area contributed by atoms with Crippen LogP contribution in [0.1, 0.15) is 41.3 Å². The minimum Gasteiger partial charge on any atom is -0.377 e. The molecule has 3 heteroatoms. The summed E-state index contributed by atoms with van der Waals surface area (Å²) in [5.74, 6) is 0.595. The lowest BCUT2D eigenvalue weighted by molar-refractivity contribution is 0.0997. The summed E-state index contributed by atoms with van der Waals surface area (Å²) in [6, 6.07) is 14.4. The van der Waals surface area contributed by atoms with E-state index in [1.54, 1.807) is 0 Å². The second kappa shape index (κ2) is 5.48. The van der Waals surface area contributed by atoms with Crippen molar-refractivity contribution in [2.45, 2.75) is 26.3 Å². The van der Waals surface area contributed by atoms with Crippen LogP contribution in [-0.2, 0) is 6.54 Å². The highest BCUT2D eigenvalue weighted by molar-refractivity contribution is 6.13. The zero-order chi connectivity index (χ0) is 15.9. The van der Waals surface area contributed by atoms with E-state index in [-0.39, 0.29) is 5.91 Å². The van der Waals surface area contributed by atoms with Crippen molar-refractivity contribution in [1.29, 1.82) is 0 Å². The lowest BCUT2D eigenvalue weighted by Gasteiger charge is -2.18. The molecule has 0 fully saturated rings. The number of hydrogen-bond acceptors (Lipinski definition) is 2. The molecule has 1 amide bonds. The Bertz CT molecular complexity index is 702. The van der Waals surface area contributed by atoms with E-state index in [0.29, 0.717) is 12.5 Å². The molecule has 0 saturated carbocycles. The van der Waals surface area contributed by atoms with Gasteiger partial charge in [0.05, 0.1) is 12.1 Å². The maximum absolute atomic E-state index is 12.8. The predicted octanol–water partition coefficient (Wildman–Crippen LogP) is 4.04. The molecule has 3 rings (SSSR count). The second-order valence-corrected chi connectivity index (χ2v) is 6.34. The van der Waals surface area contributed by atoms with Crippen molar-refractivity contribution in [1.82, 2.24) is 0 Å². The molecule has 0 bridgehead atoms. The monoisotopic (exact) mass is 294 g/mol. The van der Waals surface area contributed by atoms with Gasteiger partial charge >= 0.3 is 0 Å². The van der Waals surface area contributed by atoms with Crippen LogP contribution in [0.2, 0.25) is 0 Å². The van der Waals surface area contributed by atoms with Crippen LogP contribution in [-0.4, -0.2) is 20.0 Å². The number of rotatable bonds is 3. The number of hydrogen-bond donors (Lipinski definition) is 0. The molecule has 2 aromatic carbocycles. The smallest absolute Gasteiger partial charge is 0.261 e. The van der Waals surface area contributed by atoms with Crippen molar-refractivity contribution in [3.63, 3.8) is 0 Å². The Morgan fingerprint density at radius 1 is 1.05 bits per heavy atom.